The van der Waals surface area contributed by atoms with Crippen molar-refractivity contribution in [2.24, 2.45) is 5.41 Å². The third-order valence-corrected chi connectivity index (χ3v) is 4.54. The molecular formula is C14H21N3O. The molecular weight excluding hydrogens is 226 g/mol. The van der Waals surface area contributed by atoms with Gasteiger partial charge in [-0.2, -0.15) is 0 Å². The normalized spacial score (nSPS) is 30.8. The van der Waals surface area contributed by atoms with Gasteiger partial charge >= 0.3 is 0 Å². The van der Waals surface area contributed by atoms with Crippen LogP contribution in [0.2, 0.25) is 0 Å². The Bertz CT molecular complexity index is 450. The fourth-order valence-corrected chi connectivity index (χ4v) is 2.59. The predicted molar refractivity (Wildman–Crippen MR) is 70.6 cm³/mol. The maximum absolute atomic E-state index is 10.5. The molecule has 1 N–H and O–H groups in total. The van der Waals surface area contributed by atoms with E-state index in [4.69, 9.17) is 0 Å². The Labute approximate surface area is 108 Å². The van der Waals surface area contributed by atoms with Crippen LogP contribution < -0.4 is 4.90 Å². The lowest BCUT2D eigenvalue weighted by Gasteiger charge is -2.30. The molecule has 1 saturated carbocycles. The van der Waals surface area contributed by atoms with Crippen molar-refractivity contribution in [1.29, 1.82) is 0 Å². The first-order valence-electron chi connectivity index (χ1n) is 6.68. The lowest BCUT2D eigenvalue weighted by Crippen LogP contribution is -2.40. The third-order valence-electron chi connectivity index (χ3n) is 4.54. The SMILES string of the molecule is CC1(C)CN(c2cc(C3CC3)ncn2)C[C@@]1(C)O. The lowest BCUT2D eigenvalue weighted by atomic mass is 9.79. The molecule has 0 amide bonds. The van der Waals surface area contributed by atoms with E-state index in [-0.39, 0.29) is 5.41 Å². The summed E-state index contributed by atoms with van der Waals surface area (Å²) in [5, 5.41) is 10.5. The van der Waals surface area contributed by atoms with Crippen LogP contribution in [-0.2, 0) is 0 Å². The summed E-state index contributed by atoms with van der Waals surface area (Å²) in [6.07, 6.45) is 4.16. The van der Waals surface area contributed by atoms with Crippen molar-refractivity contribution < 1.29 is 5.11 Å². The molecule has 0 unspecified atom stereocenters. The van der Waals surface area contributed by atoms with Crippen molar-refractivity contribution in [3.05, 3.63) is 18.1 Å². The monoisotopic (exact) mass is 247 g/mol. The quantitative estimate of drug-likeness (QED) is 0.868. The Morgan fingerprint density at radius 2 is 1.94 bits per heavy atom. The summed E-state index contributed by atoms with van der Waals surface area (Å²) in [4.78, 5) is 10.9. The van der Waals surface area contributed by atoms with Crippen molar-refractivity contribution in [3.8, 4) is 0 Å². The summed E-state index contributed by atoms with van der Waals surface area (Å²) in [7, 11) is 0. The molecule has 0 radical (unpaired) electrons. The second-order valence-corrected chi connectivity index (χ2v) is 6.59. The molecule has 1 atom stereocenters. The zero-order valence-corrected chi connectivity index (χ0v) is 11.3. The molecule has 2 fully saturated rings. The number of hydrogen-bond acceptors (Lipinski definition) is 4. The van der Waals surface area contributed by atoms with Crippen LogP contribution in [0.15, 0.2) is 12.4 Å². The van der Waals surface area contributed by atoms with Crippen molar-refractivity contribution in [2.45, 2.75) is 45.1 Å². The van der Waals surface area contributed by atoms with Crippen molar-refractivity contribution in [3.63, 3.8) is 0 Å². The van der Waals surface area contributed by atoms with Gasteiger partial charge in [0.15, 0.2) is 0 Å². The van der Waals surface area contributed by atoms with Gasteiger partial charge in [0.2, 0.25) is 0 Å². The van der Waals surface area contributed by atoms with E-state index >= 15 is 0 Å². The van der Waals surface area contributed by atoms with Gasteiger partial charge in [0.05, 0.1) is 5.60 Å². The molecule has 2 heterocycles. The van der Waals surface area contributed by atoms with E-state index in [1.54, 1.807) is 6.33 Å². The number of aromatic nitrogens is 2. The second-order valence-electron chi connectivity index (χ2n) is 6.59. The maximum atomic E-state index is 10.5. The highest BCUT2D eigenvalue weighted by Crippen LogP contribution is 2.42. The van der Waals surface area contributed by atoms with E-state index in [2.05, 4.69) is 34.8 Å². The van der Waals surface area contributed by atoms with Gasteiger partial charge < -0.3 is 10.0 Å². The summed E-state index contributed by atoms with van der Waals surface area (Å²) < 4.78 is 0. The average Bonchev–Trinajstić information content (AvgIpc) is 3.08. The van der Waals surface area contributed by atoms with Crippen LogP contribution in [0.3, 0.4) is 0 Å². The Kier molecular flexibility index (Phi) is 2.43. The van der Waals surface area contributed by atoms with Crippen LogP contribution >= 0.6 is 0 Å². The summed E-state index contributed by atoms with van der Waals surface area (Å²) in [6.45, 7) is 7.60. The first-order chi connectivity index (χ1) is 8.39. The average molecular weight is 247 g/mol. The lowest BCUT2D eigenvalue weighted by molar-refractivity contribution is -0.00891. The van der Waals surface area contributed by atoms with Gasteiger partial charge in [-0.15, -0.1) is 0 Å². The molecule has 2 aliphatic rings. The molecule has 0 spiro atoms. The standard InChI is InChI=1S/C14H21N3O/c1-13(2)7-17(8-14(13,3)18)12-6-11(10-4-5-10)15-9-16-12/h6,9-10,18H,4-5,7-8H2,1-3H3/t14-/m1/s1. The van der Waals surface area contributed by atoms with E-state index < -0.39 is 5.60 Å². The molecule has 3 rings (SSSR count). The van der Waals surface area contributed by atoms with Gasteiger partial charge in [-0.1, -0.05) is 13.8 Å². The van der Waals surface area contributed by atoms with E-state index in [9.17, 15) is 5.11 Å². The maximum Gasteiger partial charge on any atom is 0.132 e. The first kappa shape index (κ1) is 11.9. The van der Waals surface area contributed by atoms with Crippen LogP contribution in [0.1, 0.15) is 45.2 Å². The smallest absolute Gasteiger partial charge is 0.132 e. The van der Waals surface area contributed by atoms with Crippen molar-refractivity contribution >= 4 is 5.82 Å². The largest absolute Gasteiger partial charge is 0.388 e. The molecule has 1 aliphatic carbocycles. The highest BCUT2D eigenvalue weighted by Gasteiger charge is 2.48. The Balaban J connectivity index is 1.86. The molecule has 1 aliphatic heterocycles. The molecule has 0 aromatic carbocycles. The number of rotatable bonds is 2. The number of hydrogen-bond donors (Lipinski definition) is 1. The Hall–Kier alpha value is -1.16. The Morgan fingerprint density at radius 1 is 1.22 bits per heavy atom. The topological polar surface area (TPSA) is 49.2 Å². The van der Waals surface area contributed by atoms with Gasteiger partial charge in [0, 0.05) is 36.2 Å². The minimum absolute atomic E-state index is 0.113. The predicted octanol–water partition coefficient (Wildman–Crippen LogP) is 1.95. The molecule has 18 heavy (non-hydrogen) atoms. The number of aliphatic hydroxyl groups is 1. The van der Waals surface area contributed by atoms with E-state index in [0.29, 0.717) is 12.5 Å². The molecule has 1 aromatic rings. The molecule has 4 nitrogen and oxygen atoms in total. The van der Waals surface area contributed by atoms with Crippen LogP contribution in [0, 0.1) is 5.41 Å². The highest BCUT2D eigenvalue weighted by molar-refractivity contribution is 5.43. The van der Waals surface area contributed by atoms with Crippen LogP contribution in [0.25, 0.3) is 0 Å². The summed E-state index contributed by atoms with van der Waals surface area (Å²) in [6, 6.07) is 2.09. The van der Waals surface area contributed by atoms with E-state index in [1.807, 2.05) is 6.92 Å². The van der Waals surface area contributed by atoms with Gasteiger partial charge in [-0.05, 0) is 19.8 Å². The van der Waals surface area contributed by atoms with E-state index in [0.717, 1.165) is 18.1 Å². The molecule has 4 heteroatoms. The van der Waals surface area contributed by atoms with Crippen molar-refractivity contribution in [1.82, 2.24) is 9.97 Å². The zero-order chi connectivity index (χ0) is 13.0. The number of β-amino-alcohol motifs (C(OH)–C–C–N with tert-alkyl or cyclic N) is 1. The summed E-state index contributed by atoms with van der Waals surface area (Å²) >= 11 is 0. The number of nitrogens with zero attached hydrogens (tertiary/aromatic N) is 3. The molecule has 98 valence electrons. The third kappa shape index (κ3) is 1.88. The van der Waals surface area contributed by atoms with Gasteiger partial charge in [0.25, 0.3) is 0 Å². The van der Waals surface area contributed by atoms with E-state index in [1.165, 1.54) is 12.8 Å². The highest BCUT2D eigenvalue weighted by atomic mass is 16.3. The Morgan fingerprint density at radius 3 is 2.50 bits per heavy atom. The summed E-state index contributed by atoms with van der Waals surface area (Å²) in [5.74, 6) is 1.60. The van der Waals surface area contributed by atoms with Crippen LogP contribution in [0.4, 0.5) is 5.82 Å². The van der Waals surface area contributed by atoms with Crippen molar-refractivity contribution in [2.75, 3.05) is 18.0 Å². The minimum atomic E-state index is -0.669. The molecule has 0 bridgehead atoms. The minimum Gasteiger partial charge on any atom is -0.388 e. The molecule has 1 aromatic heterocycles. The fourth-order valence-electron chi connectivity index (χ4n) is 2.59. The van der Waals surface area contributed by atoms with Gasteiger partial charge in [0.1, 0.15) is 12.1 Å². The molecule has 1 saturated heterocycles. The second kappa shape index (κ2) is 3.67. The van der Waals surface area contributed by atoms with Gasteiger partial charge in [-0.25, -0.2) is 9.97 Å². The van der Waals surface area contributed by atoms with Crippen LogP contribution in [-0.4, -0.2) is 33.8 Å². The van der Waals surface area contributed by atoms with Crippen LogP contribution in [0.5, 0.6) is 0 Å². The first-order valence-corrected chi connectivity index (χ1v) is 6.68. The zero-order valence-electron chi connectivity index (χ0n) is 11.3. The summed E-state index contributed by atoms with van der Waals surface area (Å²) in [5.41, 5.74) is 0.374. The van der Waals surface area contributed by atoms with Gasteiger partial charge in [-0.3, -0.25) is 0 Å². The number of anilines is 1. The fraction of sp³-hybridized carbons (Fsp3) is 0.714.